The van der Waals surface area contributed by atoms with Crippen LogP contribution in [0.4, 0.5) is 0 Å². The van der Waals surface area contributed by atoms with Crippen LogP contribution < -0.4 is 0 Å². The molecule has 0 spiro atoms. The molecular weight excluding hydrogens is 192 g/mol. The molecule has 84 valence electrons. The summed E-state index contributed by atoms with van der Waals surface area (Å²) in [5, 5.41) is 17.2. The number of carbonyl (C=O) groups is 1. The van der Waals surface area contributed by atoms with Crippen LogP contribution in [0.15, 0.2) is 11.6 Å². The number of hydrogen-bond donors (Lipinski definition) is 1. The van der Waals surface area contributed by atoms with Gasteiger partial charge in [0.25, 0.3) is 0 Å². The molecule has 0 unspecified atom stereocenters. The van der Waals surface area contributed by atoms with Gasteiger partial charge in [0.15, 0.2) is 0 Å². The Morgan fingerprint density at radius 3 is 2.60 bits per heavy atom. The fourth-order valence-corrected chi connectivity index (χ4v) is 1.21. The van der Waals surface area contributed by atoms with Crippen molar-refractivity contribution in [3.63, 3.8) is 0 Å². The predicted octanol–water partition coefficient (Wildman–Crippen LogP) is 1.64. The molecule has 0 aliphatic heterocycles. The largest absolute Gasteiger partial charge is 0.478 e. The van der Waals surface area contributed by atoms with Crippen LogP contribution in [0.5, 0.6) is 0 Å². The Kier molecular flexibility index (Phi) is 7.29. The molecule has 0 fully saturated rings. The number of nitrogens with zero attached hydrogens (tertiary/aromatic N) is 2. The fourth-order valence-electron chi connectivity index (χ4n) is 1.21. The number of aliphatic carboxylic acids is 1. The number of nitriles is 1. The van der Waals surface area contributed by atoms with E-state index in [-0.39, 0.29) is 0 Å². The highest BCUT2D eigenvalue weighted by Gasteiger charge is 2.05. The molecule has 0 bridgehead atoms. The smallest absolute Gasteiger partial charge is 0.331 e. The van der Waals surface area contributed by atoms with Gasteiger partial charge < -0.3 is 5.11 Å². The Morgan fingerprint density at radius 1 is 1.53 bits per heavy atom. The summed E-state index contributed by atoms with van der Waals surface area (Å²) in [7, 11) is 0. The second-order valence-electron chi connectivity index (χ2n) is 3.19. The van der Waals surface area contributed by atoms with Crippen molar-refractivity contribution < 1.29 is 9.90 Å². The van der Waals surface area contributed by atoms with Crippen molar-refractivity contribution in [3.05, 3.63) is 11.6 Å². The Balaban J connectivity index is 4.18. The molecule has 0 amide bonds. The molecule has 4 nitrogen and oxygen atoms in total. The first-order valence-electron chi connectivity index (χ1n) is 5.17. The van der Waals surface area contributed by atoms with E-state index in [0.717, 1.165) is 6.54 Å². The van der Waals surface area contributed by atoms with Crippen LogP contribution in [0, 0.1) is 11.3 Å². The maximum atomic E-state index is 10.7. The average Bonchev–Trinajstić information content (AvgIpc) is 2.23. The predicted molar refractivity (Wildman–Crippen MR) is 58.4 cm³/mol. The summed E-state index contributed by atoms with van der Waals surface area (Å²) < 4.78 is 0. The summed E-state index contributed by atoms with van der Waals surface area (Å²) in [5.41, 5.74) is 0.436. The highest BCUT2D eigenvalue weighted by Crippen LogP contribution is 2.01. The Morgan fingerprint density at radius 2 is 2.20 bits per heavy atom. The normalized spacial score (nSPS) is 11.5. The minimum absolute atomic E-state index is 0.436. The van der Waals surface area contributed by atoms with Crippen LogP contribution in [0.2, 0.25) is 0 Å². The first-order chi connectivity index (χ1) is 7.15. The Hall–Kier alpha value is -1.34. The van der Waals surface area contributed by atoms with Gasteiger partial charge in [0, 0.05) is 25.1 Å². The monoisotopic (exact) mass is 210 g/mol. The van der Waals surface area contributed by atoms with Gasteiger partial charge in [0.1, 0.15) is 0 Å². The van der Waals surface area contributed by atoms with Gasteiger partial charge in [-0.25, -0.2) is 4.79 Å². The number of carboxylic acid groups (broad SMARTS) is 1. The molecule has 0 aromatic heterocycles. The van der Waals surface area contributed by atoms with E-state index in [9.17, 15) is 4.79 Å². The first kappa shape index (κ1) is 13.7. The summed E-state index contributed by atoms with van der Waals surface area (Å²) >= 11 is 0. The van der Waals surface area contributed by atoms with E-state index < -0.39 is 5.97 Å². The molecule has 0 saturated heterocycles. The number of carboxylic acids is 1. The van der Waals surface area contributed by atoms with E-state index in [4.69, 9.17) is 10.4 Å². The van der Waals surface area contributed by atoms with Crippen LogP contribution >= 0.6 is 0 Å². The van der Waals surface area contributed by atoms with Crippen molar-refractivity contribution in [1.82, 2.24) is 4.90 Å². The van der Waals surface area contributed by atoms with E-state index in [2.05, 4.69) is 6.07 Å². The standard InChI is InChI=1S/C11H18N2O2/c1-3-10(11(14)15)6-9-13(4-2)8-5-7-12/h6H,3-5,8-9H2,1-2H3,(H,14,15). The zero-order valence-electron chi connectivity index (χ0n) is 9.36. The molecule has 15 heavy (non-hydrogen) atoms. The molecular formula is C11H18N2O2. The molecule has 0 aliphatic carbocycles. The Bertz CT molecular complexity index is 266. The maximum absolute atomic E-state index is 10.7. The summed E-state index contributed by atoms with van der Waals surface area (Å²) in [6, 6.07) is 2.08. The molecule has 0 saturated carbocycles. The van der Waals surface area contributed by atoms with Crippen LogP contribution in [0.25, 0.3) is 0 Å². The van der Waals surface area contributed by atoms with E-state index in [1.54, 1.807) is 6.08 Å². The lowest BCUT2D eigenvalue weighted by molar-refractivity contribution is -0.132. The molecule has 0 radical (unpaired) electrons. The van der Waals surface area contributed by atoms with Gasteiger partial charge in [-0.3, -0.25) is 4.90 Å². The van der Waals surface area contributed by atoms with Crippen molar-refractivity contribution in [2.75, 3.05) is 19.6 Å². The number of hydrogen-bond acceptors (Lipinski definition) is 3. The molecule has 0 rings (SSSR count). The van der Waals surface area contributed by atoms with Crippen molar-refractivity contribution in [2.45, 2.75) is 26.7 Å². The van der Waals surface area contributed by atoms with Crippen LogP contribution in [-0.4, -0.2) is 35.6 Å². The van der Waals surface area contributed by atoms with Crippen LogP contribution in [0.3, 0.4) is 0 Å². The molecule has 0 atom stereocenters. The lowest BCUT2D eigenvalue weighted by Crippen LogP contribution is -2.25. The Labute approximate surface area is 90.8 Å². The zero-order chi connectivity index (χ0) is 11.7. The topological polar surface area (TPSA) is 64.3 Å². The van der Waals surface area contributed by atoms with Gasteiger partial charge >= 0.3 is 5.97 Å². The molecule has 4 heteroatoms. The van der Waals surface area contributed by atoms with Crippen molar-refractivity contribution in [2.24, 2.45) is 0 Å². The van der Waals surface area contributed by atoms with Crippen molar-refractivity contribution in [3.8, 4) is 6.07 Å². The summed E-state index contributed by atoms with van der Waals surface area (Å²) in [6.07, 6.45) is 2.74. The van der Waals surface area contributed by atoms with Gasteiger partial charge in [-0.1, -0.05) is 19.9 Å². The second kappa shape index (κ2) is 8.01. The lowest BCUT2D eigenvalue weighted by Gasteiger charge is -2.16. The zero-order valence-corrected chi connectivity index (χ0v) is 9.36. The minimum Gasteiger partial charge on any atom is -0.478 e. The van der Waals surface area contributed by atoms with Gasteiger partial charge in [0.2, 0.25) is 0 Å². The summed E-state index contributed by atoms with van der Waals surface area (Å²) in [5.74, 6) is -0.853. The van der Waals surface area contributed by atoms with E-state index in [1.165, 1.54) is 0 Å². The molecule has 1 N–H and O–H groups in total. The van der Waals surface area contributed by atoms with Gasteiger partial charge in [0.05, 0.1) is 6.07 Å². The highest BCUT2D eigenvalue weighted by atomic mass is 16.4. The van der Waals surface area contributed by atoms with Gasteiger partial charge in [-0.05, 0) is 13.0 Å². The van der Waals surface area contributed by atoms with Gasteiger partial charge in [-0.15, -0.1) is 0 Å². The van der Waals surface area contributed by atoms with Crippen LogP contribution in [-0.2, 0) is 4.79 Å². The number of rotatable bonds is 7. The fraction of sp³-hybridized carbons (Fsp3) is 0.636. The van der Waals surface area contributed by atoms with Crippen molar-refractivity contribution >= 4 is 5.97 Å². The van der Waals surface area contributed by atoms with Crippen LogP contribution in [0.1, 0.15) is 26.7 Å². The average molecular weight is 210 g/mol. The minimum atomic E-state index is -0.853. The molecule has 0 aliphatic rings. The summed E-state index contributed by atoms with van der Waals surface area (Å²) in [4.78, 5) is 12.7. The summed E-state index contributed by atoms with van der Waals surface area (Å²) in [6.45, 7) is 5.95. The molecule has 0 aromatic rings. The first-order valence-corrected chi connectivity index (χ1v) is 5.17. The second-order valence-corrected chi connectivity index (χ2v) is 3.19. The number of likely N-dealkylation sites (N-methyl/N-ethyl adjacent to an activating group) is 1. The highest BCUT2D eigenvalue weighted by molar-refractivity contribution is 5.86. The third kappa shape index (κ3) is 5.87. The van der Waals surface area contributed by atoms with Crippen molar-refractivity contribution in [1.29, 1.82) is 5.26 Å². The quantitative estimate of drug-likeness (QED) is 0.649. The molecule has 0 aromatic carbocycles. The maximum Gasteiger partial charge on any atom is 0.331 e. The third-order valence-electron chi connectivity index (χ3n) is 2.24. The SMILES string of the molecule is CCC(=CCN(CC)CCC#N)C(=O)O. The lowest BCUT2D eigenvalue weighted by atomic mass is 10.2. The molecule has 0 heterocycles. The van der Waals surface area contributed by atoms with E-state index in [1.807, 2.05) is 18.7 Å². The van der Waals surface area contributed by atoms with Gasteiger partial charge in [-0.2, -0.15) is 5.26 Å². The third-order valence-corrected chi connectivity index (χ3v) is 2.24. The van der Waals surface area contributed by atoms with E-state index >= 15 is 0 Å². The van der Waals surface area contributed by atoms with E-state index in [0.29, 0.717) is 31.5 Å².